The molecule has 3 rings (SSSR count). The van der Waals surface area contributed by atoms with Gasteiger partial charge in [0.25, 0.3) is 17.4 Å². The number of nitro benzene ring substituents is 1. The van der Waals surface area contributed by atoms with E-state index in [4.69, 9.17) is 4.74 Å². The fourth-order valence-corrected chi connectivity index (χ4v) is 3.24. The monoisotopic (exact) mass is 400 g/mol. The molecule has 0 aromatic heterocycles. The molecule has 29 heavy (non-hydrogen) atoms. The Labute approximate surface area is 165 Å². The second kappa shape index (κ2) is 8.19. The summed E-state index contributed by atoms with van der Waals surface area (Å²) in [6.07, 6.45) is 0. The molecule has 2 aromatic rings. The number of Topliss-reactive ketones (excluding diaryl/α,β-unsaturated/α-hetero) is 1. The third kappa shape index (κ3) is 3.72. The van der Waals surface area contributed by atoms with Crippen LogP contribution >= 0.6 is 0 Å². The molecular formula is C20H17FN2O6. The van der Waals surface area contributed by atoms with Crippen molar-refractivity contribution in [3.05, 3.63) is 81.2 Å². The molecule has 8 nitrogen and oxygen atoms in total. The zero-order valence-corrected chi connectivity index (χ0v) is 15.4. The van der Waals surface area contributed by atoms with Gasteiger partial charge in [0.1, 0.15) is 11.6 Å². The molecule has 1 fully saturated rings. The maximum Gasteiger partial charge on any atom is 0.295 e. The summed E-state index contributed by atoms with van der Waals surface area (Å²) >= 11 is 0. The van der Waals surface area contributed by atoms with Crippen LogP contribution in [0.4, 0.5) is 10.1 Å². The van der Waals surface area contributed by atoms with E-state index in [0.717, 1.165) is 11.0 Å². The first-order chi connectivity index (χ1) is 13.9. The number of non-ortho nitro benzene ring substituents is 1. The lowest BCUT2D eigenvalue weighted by atomic mass is 9.95. The van der Waals surface area contributed by atoms with Gasteiger partial charge in [-0.3, -0.25) is 19.7 Å². The van der Waals surface area contributed by atoms with Crippen molar-refractivity contribution in [1.82, 2.24) is 4.90 Å². The van der Waals surface area contributed by atoms with Crippen LogP contribution in [-0.2, 0) is 14.3 Å². The zero-order chi connectivity index (χ0) is 21.1. The topological polar surface area (TPSA) is 110 Å². The molecule has 0 radical (unpaired) electrons. The van der Waals surface area contributed by atoms with E-state index < -0.39 is 34.2 Å². The molecule has 1 heterocycles. The number of amides is 1. The number of aliphatic hydroxyl groups is 1. The molecule has 1 aliphatic heterocycles. The Balaban J connectivity index is 2.20. The van der Waals surface area contributed by atoms with Crippen molar-refractivity contribution < 1.29 is 28.7 Å². The van der Waals surface area contributed by atoms with Crippen molar-refractivity contribution >= 4 is 23.1 Å². The van der Waals surface area contributed by atoms with Gasteiger partial charge in [-0.05, 0) is 6.07 Å². The first-order valence-electron chi connectivity index (χ1n) is 8.63. The van der Waals surface area contributed by atoms with Crippen molar-refractivity contribution in [3.63, 3.8) is 0 Å². The Morgan fingerprint density at radius 3 is 2.62 bits per heavy atom. The zero-order valence-electron chi connectivity index (χ0n) is 15.4. The number of nitro groups is 1. The molecule has 9 heteroatoms. The molecule has 0 aliphatic carbocycles. The number of hydrogen-bond donors (Lipinski definition) is 1. The SMILES string of the molecule is COCCN1C(=O)C(=O)/C(=C(/O)c2cccc([N+](=O)[O-])c2)C1c1ccccc1F. The number of methoxy groups -OCH3 is 1. The first kappa shape index (κ1) is 20.2. The molecule has 1 N–H and O–H groups in total. The summed E-state index contributed by atoms with van der Waals surface area (Å²) in [5.74, 6) is -3.19. The highest BCUT2D eigenvalue weighted by Crippen LogP contribution is 2.40. The molecule has 1 amide bonds. The van der Waals surface area contributed by atoms with E-state index in [9.17, 15) is 29.2 Å². The van der Waals surface area contributed by atoms with E-state index in [-0.39, 0.29) is 35.5 Å². The maximum atomic E-state index is 14.5. The van der Waals surface area contributed by atoms with Gasteiger partial charge in [-0.25, -0.2) is 4.39 Å². The first-order valence-corrected chi connectivity index (χ1v) is 8.63. The van der Waals surface area contributed by atoms with Crippen LogP contribution in [0.15, 0.2) is 54.1 Å². The predicted molar refractivity (Wildman–Crippen MR) is 100 cm³/mol. The lowest BCUT2D eigenvalue weighted by molar-refractivity contribution is -0.384. The third-order valence-electron chi connectivity index (χ3n) is 4.61. The number of ketones is 1. The second-order valence-electron chi connectivity index (χ2n) is 6.31. The van der Waals surface area contributed by atoms with Crippen LogP contribution < -0.4 is 0 Å². The van der Waals surface area contributed by atoms with Gasteiger partial charge in [-0.2, -0.15) is 0 Å². The highest BCUT2D eigenvalue weighted by molar-refractivity contribution is 6.46. The van der Waals surface area contributed by atoms with Crippen LogP contribution in [-0.4, -0.2) is 46.9 Å². The molecule has 1 saturated heterocycles. The van der Waals surface area contributed by atoms with Crippen LogP contribution in [0.25, 0.3) is 5.76 Å². The molecule has 1 aliphatic rings. The summed E-state index contributed by atoms with van der Waals surface area (Å²) in [5, 5.41) is 21.8. The quantitative estimate of drug-likeness (QED) is 0.263. The Bertz CT molecular complexity index is 1020. The van der Waals surface area contributed by atoms with Gasteiger partial charge in [0, 0.05) is 36.9 Å². The number of ether oxygens (including phenoxy) is 1. The van der Waals surface area contributed by atoms with E-state index >= 15 is 0 Å². The fourth-order valence-electron chi connectivity index (χ4n) is 3.24. The second-order valence-corrected chi connectivity index (χ2v) is 6.31. The van der Waals surface area contributed by atoms with Gasteiger partial charge in [-0.15, -0.1) is 0 Å². The van der Waals surface area contributed by atoms with Crippen LogP contribution in [0, 0.1) is 15.9 Å². The van der Waals surface area contributed by atoms with E-state index in [1.54, 1.807) is 6.07 Å². The number of likely N-dealkylation sites (tertiary alicyclic amines) is 1. The highest BCUT2D eigenvalue weighted by Gasteiger charge is 2.46. The number of carbonyl (C=O) groups excluding carboxylic acids is 2. The standard InChI is InChI=1S/C20H17FN2O6/c1-29-10-9-22-17(14-7-2-3-8-15(14)21)16(19(25)20(22)26)18(24)12-5-4-6-13(11-12)23(27)28/h2-8,11,17,24H,9-10H2,1H3/b18-16+. The fraction of sp³-hybridized carbons (Fsp3) is 0.200. The van der Waals surface area contributed by atoms with Crippen LogP contribution in [0.2, 0.25) is 0 Å². The lowest BCUT2D eigenvalue weighted by Gasteiger charge is -2.25. The van der Waals surface area contributed by atoms with Crippen LogP contribution in [0.5, 0.6) is 0 Å². The maximum absolute atomic E-state index is 14.5. The highest BCUT2D eigenvalue weighted by atomic mass is 19.1. The van der Waals surface area contributed by atoms with Gasteiger partial charge in [0.15, 0.2) is 0 Å². The Morgan fingerprint density at radius 1 is 1.24 bits per heavy atom. The Hall–Kier alpha value is -3.59. The van der Waals surface area contributed by atoms with E-state index in [1.807, 2.05) is 0 Å². The van der Waals surface area contributed by atoms with Gasteiger partial charge in [0.2, 0.25) is 0 Å². The number of aliphatic hydroxyl groups excluding tert-OH is 1. The summed E-state index contributed by atoms with van der Waals surface area (Å²) in [6, 6.07) is 9.41. The summed E-state index contributed by atoms with van der Waals surface area (Å²) in [7, 11) is 1.41. The molecule has 1 unspecified atom stereocenters. The Morgan fingerprint density at radius 2 is 1.97 bits per heavy atom. The number of benzene rings is 2. The van der Waals surface area contributed by atoms with Crippen LogP contribution in [0.1, 0.15) is 17.2 Å². The van der Waals surface area contributed by atoms with Crippen molar-refractivity contribution in [3.8, 4) is 0 Å². The van der Waals surface area contributed by atoms with Crippen molar-refractivity contribution in [2.24, 2.45) is 0 Å². The van der Waals surface area contributed by atoms with Gasteiger partial charge in [0.05, 0.1) is 23.1 Å². The number of carbonyl (C=O) groups is 2. The number of halogens is 1. The smallest absolute Gasteiger partial charge is 0.295 e. The molecule has 0 bridgehead atoms. The van der Waals surface area contributed by atoms with E-state index in [1.165, 1.54) is 43.5 Å². The van der Waals surface area contributed by atoms with Gasteiger partial charge < -0.3 is 14.7 Å². The number of nitrogens with zero attached hydrogens (tertiary/aromatic N) is 2. The number of hydrogen-bond acceptors (Lipinski definition) is 6. The average Bonchev–Trinajstić information content (AvgIpc) is 2.96. The predicted octanol–water partition coefficient (Wildman–Crippen LogP) is 2.80. The van der Waals surface area contributed by atoms with Crippen molar-refractivity contribution in [2.75, 3.05) is 20.3 Å². The molecule has 0 spiro atoms. The minimum atomic E-state index is -1.19. The third-order valence-corrected chi connectivity index (χ3v) is 4.61. The van der Waals surface area contributed by atoms with Crippen molar-refractivity contribution in [2.45, 2.75) is 6.04 Å². The summed E-state index contributed by atoms with van der Waals surface area (Å²) in [5.41, 5.74) is -0.637. The molecular weight excluding hydrogens is 383 g/mol. The molecule has 150 valence electrons. The Kier molecular flexibility index (Phi) is 5.69. The summed E-state index contributed by atoms with van der Waals surface area (Å²) < 4.78 is 19.5. The minimum absolute atomic E-state index is 0.00814. The van der Waals surface area contributed by atoms with E-state index in [0.29, 0.717) is 0 Å². The average molecular weight is 400 g/mol. The minimum Gasteiger partial charge on any atom is -0.507 e. The summed E-state index contributed by atoms with van der Waals surface area (Å²) in [6.45, 7) is 0.0839. The molecule has 1 atom stereocenters. The molecule has 2 aromatic carbocycles. The van der Waals surface area contributed by atoms with E-state index in [2.05, 4.69) is 0 Å². The largest absolute Gasteiger partial charge is 0.507 e. The van der Waals surface area contributed by atoms with Crippen LogP contribution in [0.3, 0.4) is 0 Å². The lowest BCUT2D eigenvalue weighted by Crippen LogP contribution is -2.33. The normalized spacial score (nSPS) is 18.3. The van der Waals surface area contributed by atoms with Crippen molar-refractivity contribution in [1.29, 1.82) is 0 Å². The molecule has 0 saturated carbocycles. The van der Waals surface area contributed by atoms with Gasteiger partial charge in [-0.1, -0.05) is 30.3 Å². The summed E-state index contributed by atoms with van der Waals surface area (Å²) in [4.78, 5) is 36.8. The van der Waals surface area contributed by atoms with Gasteiger partial charge >= 0.3 is 0 Å². The number of rotatable bonds is 6.